The predicted octanol–water partition coefficient (Wildman–Crippen LogP) is 4.44. The van der Waals surface area contributed by atoms with E-state index in [1.807, 2.05) is 6.92 Å². The van der Waals surface area contributed by atoms with E-state index in [1.165, 1.54) is 6.92 Å². The van der Waals surface area contributed by atoms with Gasteiger partial charge in [0, 0.05) is 13.5 Å². The molecule has 162 valence electrons. The molecule has 5 heteroatoms. The van der Waals surface area contributed by atoms with Gasteiger partial charge < -0.3 is 14.2 Å². The van der Waals surface area contributed by atoms with E-state index < -0.39 is 11.0 Å². The summed E-state index contributed by atoms with van der Waals surface area (Å²) in [6, 6.07) is 0. The molecule has 4 aliphatic carbocycles. The normalized spacial score (nSPS) is 46.0. The van der Waals surface area contributed by atoms with Crippen molar-refractivity contribution in [2.75, 3.05) is 13.4 Å². The number of carbonyl (C=O) groups excluding carboxylic acids is 2. The van der Waals surface area contributed by atoms with Crippen molar-refractivity contribution in [3.8, 4) is 0 Å². The summed E-state index contributed by atoms with van der Waals surface area (Å²) in [4.78, 5) is 24.3. The number of esters is 1. The van der Waals surface area contributed by atoms with Crippen molar-refractivity contribution < 1.29 is 23.8 Å². The molecule has 0 heterocycles. The Bertz CT molecular complexity index is 701. The lowest BCUT2D eigenvalue weighted by atomic mass is 9.44. The highest BCUT2D eigenvalue weighted by Crippen LogP contribution is 2.66. The van der Waals surface area contributed by atoms with Crippen LogP contribution in [0.25, 0.3) is 0 Å². The number of fused-ring (bicyclic) bond motifs is 5. The van der Waals surface area contributed by atoms with E-state index in [2.05, 4.69) is 19.9 Å². The molecule has 0 spiro atoms. The Morgan fingerprint density at radius 3 is 2.66 bits per heavy atom. The van der Waals surface area contributed by atoms with Crippen molar-refractivity contribution in [1.82, 2.24) is 0 Å². The molecule has 0 N–H and O–H groups in total. The van der Waals surface area contributed by atoms with Crippen LogP contribution in [0.3, 0.4) is 0 Å². The molecular formula is C24H36O5. The molecule has 0 unspecified atom stereocenters. The Balaban J connectivity index is 1.61. The lowest BCUT2D eigenvalue weighted by molar-refractivity contribution is -0.236. The molecule has 0 aromatic heterocycles. The second-order valence-electron chi connectivity index (χ2n) is 10.1. The lowest BCUT2D eigenvalue weighted by Crippen LogP contribution is -2.63. The molecule has 0 bridgehead atoms. The van der Waals surface area contributed by atoms with E-state index in [4.69, 9.17) is 14.2 Å². The molecule has 3 saturated carbocycles. The summed E-state index contributed by atoms with van der Waals surface area (Å²) >= 11 is 0. The molecule has 7 atom stereocenters. The molecule has 4 rings (SSSR count). The molecule has 0 amide bonds. The van der Waals surface area contributed by atoms with Crippen molar-refractivity contribution in [2.24, 2.45) is 28.6 Å². The first-order chi connectivity index (χ1) is 13.8. The van der Waals surface area contributed by atoms with E-state index in [0.717, 1.165) is 44.9 Å². The molecule has 0 radical (unpaired) electrons. The highest BCUT2D eigenvalue weighted by atomic mass is 16.7. The fraction of sp³-hybridized carbons (Fsp3) is 0.833. The summed E-state index contributed by atoms with van der Waals surface area (Å²) in [5, 5.41) is 0. The number of ketones is 1. The van der Waals surface area contributed by atoms with E-state index >= 15 is 0 Å². The average molecular weight is 405 g/mol. The van der Waals surface area contributed by atoms with Crippen LogP contribution in [-0.2, 0) is 23.8 Å². The number of rotatable bonds is 5. The van der Waals surface area contributed by atoms with Gasteiger partial charge >= 0.3 is 5.97 Å². The van der Waals surface area contributed by atoms with Gasteiger partial charge in [0.05, 0.1) is 5.41 Å². The zero-order chi connectivity index (χ0) is 20.9. The molecule has 3 fully saturated rings. The Morgan fingerprint density at radius 2 is 1.93 bits per heavy atom. The minimum absolute atomic E-state index is 0.0621. The Labute approximate surface area is 174 Å². The van der Waals surface area contributed by atoms with Gasteiger partial charge in [0.15, 0.2) is 5.78 Å². The summed E-state index contributed by atoms with van der Waals surface area (Å²) < 4.78 is 17.6. The fourth-order valence-electron chi connectivity index (χ4n) is 7.34. The summed E-state index contributed by atoms with van der Waals surface area (Å²) in [7, 11) is 0. The monoisotopic (exact) mass is 404 g/mol. The van der Waals surface area contributed by atoms with Crippen LogP contribution in [0.1, 0.15) is 72.6 Å². The van der Waals surface area contributed by atoms with Crippen LogP contribution in [0.2, 0.25) is 0 Å². The maximum Gasteiger partial charge on any atom is 0.302 e. The van der Waals surface area contributed by atoms with E-state index in [1.54, 1.807) is 6.08 Å². The van der Waals surface area contributed by atoms with Crippen molar-refractivity contribution in [1.29, 1.82) is 0 Å². The molecule has 4 aliphatic rings. The zero-order valence-corrected chi connectivity index (χ0v) is 18.4. The fourth-order valence-corrected chi connectivity index (χ4v) is 7.34. The quantitative estimate of drug-likeness (QED) is 0.385. The Hall–Kier alpha value is -1.20. The second kappa shape index (κ2) is 7.49. The first kappa shape index (κ1) is 21.0. The van der Waals surface area contributed by atoms with Gasteiger partial charge in [-0.3, -0.25) is 9.59 Å². The van der Waals surface area contributed by atoms with Gasteiger partial charge in [0.1, 0.15) is 18.5 Å². The summed E-state index contributed by atoms with van der Waals surface area (Å²) in [5.41, 5.74) is -0.825. The third-order valence-corrected chi connectivity index (χ3v) is 8.96. The van der Waals surface area contributed by atoms with Gasteiger partial charge in [-0.25, -0.2) is 0 Å². The summed E-state index contributed by atoms with van der Waals surface area (Å²) in [6.45, 7) is 8.86. The third kappa shape index (κ3) is 3.11. The van der Waals surface area contributed by atoms with Crippen LogP contribution in [-0.4, -0.2) is 36.9 Å². The molecule has 0 aliphatic heterocycles. The van der Waals surface area contributed by atoms with Gasteiger partial charge in [-0.05, 0) is 94.1 Å². The third-order valence-electron chi connectivity index (χ3n) is 8.96. The number of hydrogen-bond acceptors (Lipinski definition) is 5. The van der Waals surface area contributed by atoms with Crippen LogP contribution in [0.5, 0.6) is 0 Å². The largest absolute Gasteiger partial charge is 0.463 e. The highest BCUT2D eigenvalue weighted by molar-refractivity contribution is 5.99. The summed E-state index contributed by atoms with van der Waals surface area (Å²) in [6.07, 6.45) is 11.0. The molecule has 0 saturated heterocycles. The molecule has 5 nitrogen and oxygen atoms in total. The SMILES string of the molecule is CCOCO[C@]12C=CC(=O)[C@@]1(C)CC[C@H]1[C@H]2CC[C@@H]2C[C@@H](OC(C)=O)CC[C@@]21C. The van der Waals surface area contributed by atoms with Crippen molar-refractivity contribution >= 4 is 11.8 Å². The minimum Gasteiger partial charge on any atom is -0.463 e. The zero-order valence-electron chi connectivity index (χ0n) is 18.4. The average Bonchev–Trinajstić information content (AvgIpc) is 2.94. The van der Waals surface area contributed by atoms with Gasteiger partial charge in [-0.2, -0.15) is 0 Å². The number of hydrogen-bond donors (Lipinski definition) is 0. The maximum absolute atomic E-state index is 12.9. The maximum atomic E-state index is 12.9. The van der Waals surface area contributed by atoms with Crippen LogP contribution >= 0.6 is 0 Å². The number of carbonyl (C=O) groups is 2. The Morgan fingerprint density at radius 1 is 1.14 bits per heavy atom. The standard InChI is InChI=1S/C24H36O5/c1-5-27-15-28-24-13-10-21(26)23(24,4)12-9-19-20(24)7-6-17-14-18(29-16(2)25)8-11-22(17,19)3/h10,13,17-20H,5-9,11-12,14-15H2,1-4H3/t17-,18+,19+,20-,22+,23-,24+/m1/s1. The van der Waals surface area contributed by atoms with E-state index in [-0.39, 0.29) is 30.1 Å². The first-order valence-electron chi connectivity index (χ1n) is 11.4. The van der Waals surface area contributed by atoms with E-state index in [9.17, 15) is 9.59 Å². The van der Waals surface area contributed by atoms with Crippen molar-refractivity contribution in [3.05, 3.63) is 12.2 Å². The second-order valence-corrected chi connectivity index (χ2v) is 10.1. The van der Waals surface area contributed by atoms with Gasteiger partial charge in [0.2, 0.25) is 0 Å². The summed E-state index contributed by atoms with van der Waals surface area (Å²) in [5.74, 6) is 1.45. The molecule has 0 aromatic rings. The van der Waals surface area contributed by atoms with Crippen LogP contribution < -0.4 is 0 Å². The highest BCUT2D eigenvalue weighted by Gasteiger charge is 2.67. The Kier molecular flexibility index (Phi) is 5.44. The molecule has 0 aromatic carbocycles. The van der Waals surface area contributed by atoms with Crippen molar-refractivity contribution in [3.63, 3.8) is 0 Å². The smallest absolute Gasteiger partial charge is 0.302 e. The van der Waals surface area contributed by atoms with Crippen LogP contribution in [0.15, 0.2) is 12.2 Å². The minimum atomic E-state index is -0.553. The molecular weight excluding hydrogens is 368 g/mol. The number of ether oxygens (including phenoxy) is 3. The first-order valence-corrected chi connectivity index (χ1v) is 11.4. The van der Waals surface area contributed by atoms with E-state index in [0.29, 0.717) is 24.4 Å². The molecule has 29 heavy (non-hydrogen) atoms. The van der Waals surface area contributed by atoms with Crippen LogP contribution in [0, 0.1) is 28.6 Å². The lowest BCUT2D eigenvalue weighted by Gasteiger charge is -2.63. The van der Waals surface area contributed by atoms with Gasteiger partial charge in [0.25, 0.3) is 0 Å². The predicted molar refractivity (Wildman–Crippen MR) is 109 cm³/mol. The van der Waals surface area contributed by atoms with Gasteiger partial charge in [-0.1, -0.05) is 6.92 Å². The van der Waals surface area contributed by atoms with Crippen molar-refractivity contribution in [2.45, 2.75) is 84.3 Å². The van der Waals surface area contributed by atoms with Crippen LogP contribution in [0.4, 0.5) is 0 Å². The topological polar surface area (TPSA) is 61.8 Å². The number of allylic oxidation sites excluding steroid dienone is 1. The van der Waals surface area contributed by atoms with Gasteiger partial charge in [-0.15, -0.1) is 0 Å².